The highest BCUT2D eigenvalue weighted by atomic mass is 16.5. The van der Waals surface area contributed by atoms with E-state index in [1.165, 1.54) is 0 Å². The summed E-state index contributed by atoms with van der Waals surface area (Å²) in [6, 6.07) is 8.86. The molecule has 0 bridgehead atoms. The average molecular weight is 232 g/mol. The molecule has 0 fully saturated rings. The molecule has 4 nitrogen and oxygen atoms in total. The van der Waals surface area contributed by atoms with Crippen LogP contribution in [0.15, 0.2) is 24.3 Å². The average Bonchev–Trinajstić information content (AvgIpc) is 2.38. The number of nitrogens with zero attached hydrogens (tertiary/aromatic N) is 1. The molecule has 90 valence electrons. The van der Waals surface area contributed by atoms with Gasteiger partial charge in [0.05, 0.1) is 13.2 Å². The van der Waals surface area contributed by atoms with Crippen molar-refractivity contribution in [1.82, 2.24) is 5.32 Å². The number of nitriles is 1. The van der Waals surface area contributed by atoms with Crippen molar-refractivity contribution >= 4 is 5.91 Å². The van der Waals surface area contributed by atoms with E-state index in [9.17, 15) is 4.79 Å². The molecule has 1 atom stereocenters. The van der Waals surface area contributed by atoms with Gasteiger partial charge in [0, 0.05) is 5.56 Å². The molecule has 1 amide bonds. The summed E-state index contributed by atoms with van der Waals surface area (Å²) in [4.78, 5) is 11.9. The van der Waals surface area contributed by atoms with Crippen molar-refractivity contribution < 1.29 is 9.53 Å². The Morgan fingerprint density at radius 1 is 1.47 bits per heavy atom. The first-order valence-corrected chi connectivity index (χ1v) is 5.42. The van der Waals surface area contributed by atoms with Crippen molar-refractivity contribution in [2.75, 3.05) is 7.11 Å². The van der Waals surface area contributed by atoms with Crippen molar-refractivity contribution in [2.24, 2.45) is 0 Å². The summed E-state index contributed by atoms with van der Waals surface area (Å²) in [6.07, 6.45) is 0.561. The van der Waals surface area contributed by atoms with Crippen molar-refractivity contribution in [3.63, 3.8) is 0 Å². The minimum atomic E-state index is -0.822. The van der Waals surface area contributed by atoms with Crippen molar-refractivity contribution in [2.45, 2.75) is 25.8 Å². The minimum absolute atomic E-state index is 0.251. The number of hydrogen-bond donors (Lipinski definition) is 1. The number of amides is 1. The fourth-order valence-corrected chi connectivity index (χ4v) is 1.26. The topological polar surface area (TPSA) is 62.1 Å². The molecule has 0 saturated carbocycles. The van der Waals surface area contributed by atoms with E-state index in [0.717, 1.165) is 0 Å². The van der Waals surface area contributed by atoms with Gasteiger partial charge in [0.25, 0.3) is 5.91 Å². The van der Waals surface area contributed by atoms with Gasteiger partial charge in [0.15, 0.2) is 0 Å². The molecule has 0 aliphatic carbocycles. The number of carbonyl (C=O) groups excluding carboxylic acids is 1. The number of carbonyl (C=O) groups is 1. The maximum absolute atomic E-state index is 11.9. The largest absolute Gasteiger partial charge is 0.497 e. The van der Waals surface area contributed by atoms with Crippen LogP contribution < -0.4 is 10.1 Å². The maximum Gasteiger partial charge on any atom is 0.252 e. The van der Waals surface area contributed by atoms with Crippen LogP contribution in [0, 0.1) is 11.3 Å². The van der Waals surface area contributed by atoms with Gasteiger partial charge in [-0.1, -0.05) is 6.92 Å². The summed E-state index contributed by atoms with van der Waals surface area (Å²) in [7, 11) is 1.57. The SMILES string of the molecule is CCC(C)(C#N)NC(=O)c1ccc(OC)cc1. The normalized spacial score (nSPS) is 13.3. The Hall–Kier alpha value is -2.02. The van der Waals surface area contributed by atoms with Crippen LogP contribution in [0.3, 0.4) is 0 Å². The Balaban J connectivity index is 2.80. The Bertz CT molecular complexity index is 434. The first-order valence-electron chi connectivity index (χ1n) is 5.42. The molecule has 1 N–H and O–H groups in total. The lowest BCUT2D eigenvalue weighted by Crippen LogP contribution is -2.44. The highest BCUT2D eigenvalue weighted by Gasteiger charge is 2.24. The van der Waals surface area contributed by atoms with Crippen LogP contribution in [0.4, 0.5) is 0 Å². The summed E-state index contributed by atoms with van der Waals surface area (Å²) in [5.41, 5.74) is -0.308. The molecule has 1 rings (SSSR count). The molecule has 1 aromatic carbocycles. The van der Waals surface area contributed by atoms with Crippen LogP contribution >= 0.6 is 0 Å². The smallest absolute Gasteiger partial charge is 0.252 e. The molecule has 1 unspecified atom stereocenters. The molecule has 0 aromatic heterocycles. The van der Waals surface area contributed by atoms with E-state index in [1.54, 1.807) is 38.3 Å². The highest BCUT2D eigenvalue weighted by Crippen LogP contribution is 2.13. The summed E-state index contributed by atoms with van der Waals surface area (Å²) < 4.78 is 5.01. The quantitative estimate of drug-likeness (QED) is 0.864. The fraction of sp³-hybridized carbons (Fsp3) is 0.385. The van der Waals surface area contributed by atoms with Gasteiger partial charge in [-0.2, -0.15) is 5.26 Å². The number of ether oxygens (including phenoxy) is 1. The summed E-state index contributed by atoms with van der Waals surface area (Å²) in [6.45, 7) is 3.56. The lowest BCUT2D eigenvalue weighted by atomic mass is 10.0. The molecule has 1 aromatic rings. The molecule has 0 saturated heterocycles. The molecule has 0 heterocycles. The number of rotatable bonds is 4. The number of methoxy groups -OCH3 is 1. The van der Waals surface area contributed by atoms with Crippen molar-refractivity contribution in [3.05, 3.63) is 29.8 Å². The lowest BCUT2D eigenvalue weighted by molar-refractivity contribution is 0.0923. The van der Waals surface area contributed by atoms with Crippen LogP contribution in [0.25, 0.3) is 0 Å². The van der Waals surface area contributed by atoms with Crippen LogP contribution in [0.5, 0.6) is 5.75 Å². The molecule has 17 heavy (non-hydrogen) atoms. The Morgan fingerprint density at radius 3 is 2.47 bits per heavy atom. The van der Waals surface area contributed by atoms with E-state index in [2.05, 4.69) is 11.4 Å². The van der Waals surface area contributed by atoms with Crippen LogP contribution in [-0.4, -0.2) is 18.6 Å². The third kappa shape index (κ3) is 3.22. The zero-order valence-corrected chi connectivity index (χ0v) is 10.3. The van der Waals surface area contributed by atoms with E-state index in [0.29, 0.717) is 17.7 Å². The second-order valence-corrected chi connectivity index (χ2v) is 3.98. The van der Waals surface area contributed by atoms with E-state index in [-0.39, 0.29) is 5.91 Å². The first-order chi connectivity index (χ1) is 8.04. The van der Waals surface area contributed by atoms with Gasteiger partial charge in [-0.25, -0.2) is 0 Å². The van der Waals surface area contributed by atoms with Gasteiger partial charge < -0.3 is 10.1 Å². The minimum Gasteiger partial charge on any atom is -0.497 e. The van der Waals surface area contributed by atoms with Crippen LogP contribution in [0.1, 0.15) is 30.6 Å². The number of nitrogens with one attached hydrogen (secondary N) is 1. The maximum atomic E-state index is 11.9. The standard InChI is InChI=1S/C13H16N2O2/c1-4-13(2,9-14)15-12(16)10-5-7-11(17-3)8-6-10/h5-8H,4H2,1-3H3,(H,15,16). The molecule has 0 aliphatic rings. The second-order valence-electron chi connectivity index (χ2n) is 3.98. The predicted octanol–water partition coefficient (Wildman–Crippen LogP) is 2.12. The van der Waals surface area contributed by atoms with Gasteiger partial charge in [-0.3, -0.25) is 4.79 Å². The highest BCUT2D eigenvalue weighted by molar-refractivity contribution is 5.95. The molecule has 0 radical (unpaired) electrons. The monoisotopic (exact) mass is 232 g/mol. The van der Waals surface area contributed by atoms with E-state index in [1.807, 2.05) is 6.92 Å². The summed E-state index contributed by atoms with van der Waals surface area (Å²) in [5.74, 6) is 0.443. The van der Waals surface area contributed by atoms with Crippen molar-refractivity contribution in [3.8, 4) is 11.8 Å². The third-order valence-electron chi connectivity index (χ3n) is 2.70. The van der Waals surface area contributed by atoms with Gasteiger partial charge >= 0.3 is 0 Å². The van der Waals surface area contributed by atoms with Gasteiger partial charge in [0.2, 0.25) is 0 Å². The first kappa shape index (κ1) is 13.0. The molecule has 0 spiro atoms. The van der Waals surface area contributed by atoms with Crippen LogP contribution in [-0.2, 0) is 0 Å². The predicted molar refractivity (Wildman–Crippen MR) is 64.8 cm³/mol. The van der Waals surface area contributed by atoms with E-state index in [4.69, 9.17) is 10.00 Å². The van der Waals surface area contributed by atoms with Crippen LogP contribution in [0.2, 0.25) is 0 Å². The van der Waals surface area contributed by atoms with E-state index < -0.39 is 5.54 Å². The number of benzene rings is 1. The molecular weight excluding hydrogens is 216 g/mol. The van der Waals surface area contributed by atoms with Gasteiger partial charge in [0.1, 0.15) is 11.3 Å². The molecular formula is C13H16N2O2. The number of hydrogen-bond acceptors (Lipinski definition) is 3. The van der Waals surface area contributed by atoms with Gasteiger partial charge in [-0.05, 0) is 37.6 Å². The van der Waals surface area contributed by atoms with E-state index >= 15 is 0 Å². The molecule has 0 aliphatic heterocycles. The summed E-state index contributed by atoms with van der Waals surface area (Å²) >= 11 is 0. The second kappa shape index (κ2) is 5.35. The molecule has 4 heteroatoms. The zero-order valence-electron chi connectivity index (χ0n) is 10.3. The summed E-state index contributed by atoms with van der Waals surface area (Å²) in [5, 5.41) is 11.7. The Morgan fingerprint density at radius 2 is 2.06 bits per heavy atom. The fourth-order valence-electron chi connectivity index (χ4n) is 1.26. The Labute approximate surface area is 101 Å². The third-order valence-corrected chi connectivity index (χ3v) is 2.70. The van der Waals surface area contributed by atoms with Crippen molar-refractivity contribution in [1.29, 1.82) is 5.26 Å². The lowest BCUT2D eigenvalue weighted by Gasteiger charge is -2.21. The zero-order chi connectivity index (χ0) is 12.9. The Kier molecular flexibility index (Phi) is 4.11. The van der Waals surface area contributed by atoms with Gasteiger partial charge in [-0.15, -0.1) is 0 Å².